The Hall–Kier alpha value is -1.61. The fraction of sp³-hybridized carbons (Fsp3) is 0.357. The molecule has 2 atom stereocenters. The predicted octanol–water partition coefficient (Wildman–Crippen LogP) is 2.64. The van der Waals surface area contributed by atoms with Crippen LogP contribution in [0.2, 0.25) is 0 Å². The molecule has 0 unspecified atom stereocenters. The summed E-state index contributed by atoms with van der Waals surface area (Å²) in [5.74, 6) is -0.327. The van der Waals surface area contributed by atoms with E-state index in [0.717, 1.165) is 17.6 Å². The molecular formula is C14H16O3. The van der Waals surface area contributed by atoms with Gasteiger partial charge in [-0.25, -0.2) is 4.79 Å². The summed E-state index contributed by atoms with van der Waals surface area (Å²) in [4.78, 5) is 11.5. The molecular weight excluding hydrogens is 216 g/mol. The van der Waals surface area contributed by atoms with Crippen molar-refractivity contribution in [3.63, 3.8) is 0 Å². The zero-order valence-electron chi connectivity index (χ0n) is 9.89. The lowest BCUT2D eigenvalue weighted by Gasteiger charge is -2.30. The Morgan fingerprint density at radius 2 is 2.06 bits per heavy atom. The van der Waals surface area contributed by atoms with Crippen LogP contribution in [-0.2, 0) is 14.3 Å². The highest BCUT2D eigenvalue weighted by Gasteiger charge is 2.31. The number of methoxy groups -OCH3 is 1. The van der Waals surface area contributed by atoms with Crippen LogP contribution in [0.25, 0.3) is 0 Å². The SMILES string of the molecule is C=C1C[C@@H](c2ccccc2)O[C@@H](C(=O)OC)C1. The minimum atomic E-state index is -0.522. The largest absolute Gasteiger partial charge is 0.467 e. The van der Waals surface area contributed by atoms with Crippen LogP contribution in [0.3, 0.4) is 0 Å². The molecule has 1 aliphatic rings. The van der Waals surface area contributed by atoms with E-state index in [4.69, 9.17) is 9.47 Å². The molecule has 17 heavy (non-hydrogen) atoms. The maximum absolute atomic E-state index is 11.5. The second-order valence-corrected chi connectivity index (χ2v) is 4.21. The Balaban J connectivity index is 2.14. The Kier molecular flexibility index (Phi) is 3.59. The lowest BCUT2D eigenvalue weighted by atomic mass is 9.95. The Bertz CT molecular complexity index is 411. The highest BCUT2D eigenvalue weighted by molar-refractivity contribution is 5.75. The van der Waals surface area contributed by atoms with Crippen LogP contribution in [0.1, 0.15) is 24.5 Å². The summed E-state index contributed by atoms with van der Waals surface area (Å²) in [7, 11) is 1.38. The van der Waals surface area contributed by atoms with Crippen LogP contribution in [0, 0.1) is 0 Å². The van der Waals surface area contributed by atoms with Gasteiger partial charge in [0.2, 0.25) is 0 Å². The smallest absolute Gasteiger partial charge is 0.335 e. The molecule has 0 spiro atoms. The van der Waals surface area contributed by atoms with Gasteiger partial charge in [0.05, 0.1) is 13.2 Å². The fourth-order valence-corrected chi connectivity index (χ4v) is 2.04. The zero-order valence-corrected chi connectivity index (χ0v) is 9.89. The van der Waals surface area contributed by atoms with E-state index in [1.54, 1.807) is 0 Å². The number of rotatable bonds is 2. The average molecular weight is 232 g/mol. The molecule has 0 amide bonds. The Labute approximate surface area is 101 Å². The molecule has 90 valence electrons. The monoisotopic (exact) mass is 232 g/mol. The van der Waals surface area contributed by atoms with Gasteiger partial charge < -0.3 is 9.47 Å². The molecule has 0 bridgehead atoms. The third kappa shape index (κ3) is 2.74. The molecule has 0 aromatic heterocycles. The summed E-state index contributed by atoms with van der Waals surface area (Å²) in [5, 5.41) is 0. The molecule has 1 fully saturated rings. The fourth-order valence-electron chi connectivity index (χ4n) is 2.04. The number of hydrogen-bond acceptors (Lipinski definition) is 3. The first-order valence-corrected chi connectivity index (χ1v) is 5.65. The first-order chi connectivity index (χ1) is 8.20. The molecule has 0 saturated carbocycles. The van der Waals surface area contributed by atoms with E-state index in [9.17, 15) is 4.79 Å². The molecule has 1 aromatic carbocycles. The standard InChI is InChI=1S/C14H16O3/c1-10-8-12(11-6-4-3-5-7-11)17-13(9-10)14(15)16-2/h3-7,12-13H,1,8-9H2,2H3/t12-,13+/m0/s1. The normalized spacial score (nSPS) is 24.4. The van der Waals surface area contributed by atoms with Crippen molar-refractivity contribution in [2.75, 3.05) is 7.11 Å². The van der Waals surface area contributed by atoms with E-state index in [2.05, 4.69) is 6.58 Å². The Morgan fingerprint density at radius 1 is 1.35 bits per heavy atom. The van der Waals surface area contributed by atoms with Gasteiger partial charge in [-0.15, -0.1) is 0 Å². The van der Waals surface area contributed by atoms with Crippen molar-refractivity contribution in [2.24, 2.45) is 0 Å². The maximum atomic E-state index is 11.5. The summed E-state index contributed by atoms with van der Waals surface area (Å²) in [6.07, 6.45) is 0.695. The number of carbonyl (C=O) groups excluding carboxylic acids is 1. The minimum absolute atomic E-state index is 0.0958. The van der Waals surface area contributed by atoms with Crippen LogP contribution < -0.4 is 0 Å². The van der Waals surface area contributed by atoms with Crippen molar-refractivity contribution in [1.29, 1.82) is 0 Å². The van der Waals surface area contributed by atoms with E-state index in [0.29, 0.717) is 6.42 Å². The third-order valence-electron chi connectivity index (χ3n) is 2.91. The molecule has 1 saturated heterocycles. The van der Waals surface area contributed by atoms with Gasteiger partial charge >= 0.3 is 5.97 Å². The van der Waals surface area contributed by atoms with Gasteiger partial charge in [-0.05, 0) is 12.0 Å². The van der Waals surface area contributed by atoms with Crippen molar-refractivity contribution >= 4 is 5.97 Å². The second-order valence-electron chi connectivity index (χ2n) is 4.21. The first-order valence-electron chi connectivity index (χ1n) is 5.65. The van der Waals surface area contributed by atoms with Crippen LogP contribution in [0.15, 0.2) is 42.5 Å². The van der Waals surface area contributed by atoms with Crippen LogP contribution in [0.4, 0.5) is 0 Å². The van der Waals surface area contributed by atoms with Crippen molar-refractivity contribution in [2.45, 2.75) is 25.0 Å². The van der Waals surface area contributed by atoms with Crippen molar-refractivity contribution < 1.29 is 14.3 Å². The third-order valence-corrected chi connectivity index (χ3v) is 2.91. The molecule has 1 aliphatic heterocycles. The number of hydrogen-bond donors (Lipinski definition) is 0. The molecule has 0 aliphatic carbocycles. The van der Waals surface area contributed by atoms with Gasteiger partial charge in [-0.2, -0.15) is 0 Å². The summed E-state index contributed by atoms with van der Waals surface area (Å²) in [5.41, 5.74) is 2.10. The molecule has 2 rings (SSSR count). The second kappa shape index (κ2) is 5.15. The van der Waals surface area contributed by atoms with Crippen LogP contribution >= 0.6 is 0 Å². The van der Waals surface area contributed by atoms with Gasteiger partial charge in [0.15, 0.2) is 6.10 Å². The van der Waals surface area contributed by atoms with Crippen molar-refractivity contribution in [3.8, 4) is 0 Å². The number of carbonyl (C=O) groups is 1. The van der Waals surface area contributed by atoms with Gasteiger partial charge in [0.25, 0.3) is 0 Å². The maximum Gasteiger partial charge on any atom is 0.335 e. The molecule has 0 N–H and O–H groups in total. The Morgan fingerprint density at radius 3 is 2.71 bits per heavy atom. The van der Waals surface area contributed by atoms with Crippen LogP contribution in [-0.4, -0.2) is 19.2 Å². The van der Waals surface area contributed by atoms with Gasteiger partial charge in [-0.1, -0.05) is 42.5 Å². The lowest BCUT2D eigenvalue weighted by Crippen LogP contribution is -2.31. The average Bonchev–Trinajstić information content (AvgIpc) is 2.38. The van der Waals surface area contributed by atoms with E-state index in [1.165, 1.54) is 7.11 Å². The first kappa shape index (κ1) is 11.9. The summed E-state index contributed by atoms with van der Waals surface area (Å²) in [6.45, 7) is 3.97. The highest BCUT2D eigenvalue weighted by Crippen LogP contribution is 2.33. The molecule has 1 aromatic rings. The molecule has 3 nitrogen and oxygen atoms in total. The van der Waals surface area contributed by atoms with E-state index in [1.807, 2.05) is 30.3 Å². The van der Waals surface area contributed by atoms with E-state index in [-0.39, 0.29) is 12.1 Å². The molecule has 3 heteroatoms. The van der Waals surface area contributed by atoms with Gasteiger partial charge in [0, 0.05) is 6.42 Å². The number of benzene rings is 1. The van der Waals surface area contributed by atoms with Gasteiger partial charge in [0.1, 0.15) is 0 Å². The molecule has 1 heterocycles. The number of esters is 1. The summed E-state index contributed by atoms with van der Waals surface area (Å²) >= 11 is 0. The zero-order chi connectivity index (χ0) is 12.3. The highest BCUT2D eigenvalue weighted by atomic mass is 16.6. The predicted molar refractivity (Wildman–Crippen MR) is 64.4 cm³/mol. The summed E-state index contributed by atoms with van der Waals surface area (Å²) in [6, 6.07) is 9.88. The lowest BCUT2D eigenvalue weighted by molar-refractivity contribution is -0.160. The van der Waals surface area contributed by atoms with E-state index < -0.39 is 6.10 Å². The van der Waals surface area contributed by atoms with Gasteiger partial charge in [-0.3, -0.25) is 0 Å². The van der Waals surface area contributed by atoms with Crippen molar-refractivity contribution in [3.05, 3.63) is 48.0 Å². The quantitative estimate of drug-likeness (QED) is 0.581. The van der Waals surface area contributed by atoms with Crippen LogP contribution in [0.5, 0.6) is 0 Å². The molecule has 0 radical (unpaired) electrons. The van der Waals surface area contributed by atoms with E-state index >= 15 is 0 Å². The van der Waals surface area contributed by atoms with Crippen molar-refractivity contribution in [1.82, 2.24) is 0 Å². The minimum Gasteiger partial charge on any atom is -0.467 e. The topological polar surface area (TPSA) is 35.5 Å². The number of ether oxygens (including phenoxy) is 2. The summed E-state index contributed by atoms with van der Waals surface area (Å²) < 4.78 is 10.5.